The number of primary amides is 1. The monoisotopic (exact) mass is 292 g/mol. The summed E-state index contributed by atoms with van der Waals surface area (Å²) in [5.41, 5.74) is 14.2. The van der Waals surface area contributed by atoms with E-state index in [1.165, 1.54) is 5.56 Å². The van der Waals surface area contributed by atoms with E-state index in [2.05, 4.69) is 0 Å². The topological polar surface area (TPSA) is 85.2 Å². The molecule has 6 heteroatoms. The number of fused-ring (bicyclic) bond motifs is 1. The van der Waals surface area contributed by atoms with Crippen LogP contribution >= 0.6 is 12.2 Å². The Kier molecular flexibility index (Phi) is 4.23. The van der Waals surface area contributed by atoms with Gasteiger partial charge in [0.1, 0.15) is 10.8 Å². The molecule has 0 saturated heterocycles. The Hall–Kier alpha value is -1.69. The normalized spacial score (nSPS) is 13.3. The van der Waals surface area contributed by atoms with Gasteiger partial charge in [-0.15, -0.1) is 0 Å². The van der Waals surface area contributed by atoms with Gasteiger partial charge >= 0.3 is 0 Å². The lowest BCUT2D eigenvalue weighted by Gasteiger charge is -2.29. The molecular weight excluding hydrogens is 272 g/mol. The van der Waals surface area contributed by atoms with Crippen LogP contribution in [0.25, 0.3) is 0 Å². The lowest BCUT2D eigenvalue weighted by atomic mass is 10.1. The van der Waals surface area contributed by atoms with Gasteiger partial charge in [0.25, 0.3) is 0 Å². The third-order valence-electron chi connectivity index (χ3n) is 3.52. The highest BCUT2D eigenvalue weighted by Gasteiger charge is 2.23. The van der Waals surface area contributed by atoms with Gasteiger partial charge in [-0.05, 0) is 44.7 Å². The summed E-state index contributed by atoms with van der Waals surface area (Å²) >= 11 is 5.14. The molecule has 0 bridgehead atoms. The van der Waals surface area contributed by atoms with E-state index < -0.39 is 5.91 Å². The van der Waals surface area contributed by atoms with Crippen LogP contribution in [0.4, 0.5) is 5.82 Å². The molecule has 0 saturated carbocycles. The summed E-state index contributed by atoms with van der Waals surface area (Å²) in [6.07, 6.45) is 3.07. The van der Waals surface area contributed by atoms with Crippen LogP contribution in [-0.2, 0) is 17.6 Å². The molecule has 1 aliphatic rings. The number of aryl methyl sites for hydroxylation is 2. The fourth-order valence-corrected chi connectivity index (χ4v) is 2.68. The quantitative estimate of drug-likeness (QED) is 0.788. The summed E-state index contributed by atoms with van der Waals surface area (Å²) in [5, 5.41) is 0. The van der Waals surface area contributed by atoms with Crippen LogP contribution in [0.5, 0.6) is 0 Å². The standard InChI is InChI=1S/C14H20N4OS/c1-8(2)18(7-12(15)19)14-10(13(16)20)6-9-4-3-5-11(9)17-14/h6,8H,3-5,7H2,1-2H3,(H2,15,19)(H2,16,20). The second-order valence-electron chi connectivity index (χ2n) is 5.37. The lowest BCUT2D eigenvalue weighted by Crippen LogP contribution is -2.40. The molecule has 0 unspecified atom stereocenters. The molecule has 108 valence electrons. The molecule has 1 amide bonds. The molecule has 0 spiro atoms. The Balaban J connectivity index is 2.52. The van der Waals surface area contributed by atoms with Gasteiger partial charge in [-0.1, -0.05) is 12.2 Å². The van der Waals surface area contributed by atoms with E-state index in [0.29, 0.717) is 10.8 Å². The number of amides is 1. The van der Waals surface area contributed by atoms with Crippen molar-refractivity contribution in [3.63, 3.8) is 0 Å². The first kappa shape index (κ1) is 14.7. The number of hydrogen-bond donors (Lipinski definition) is 2. The summed E-state index contributed by atoms with van der Waals surface area (Å²) in [6.45, 7) is 4.08. The van der Waals surface area contributed by atoms with Gasteiger partial charge < -0.3 is 16.4 Å². The summed E-state index contributed by atoms with van der Waals surface area (Å²) in [6, 6.07) is 2.10. The van der Waals surface area contributed by atoms with Gasteiger partial charge in [-0.25, -0.2) is 4.98 Å². The van der Waals surface area contributed by atoms with E-state index in [-0.39, 0.29) is 12.6 Å². The zero-order valence-electron chi connectivity index (χ0n) is 11.8. The van der Waals surface area contributed by atoms with Crippen LogP contribution in [0.15, 0.2) is 6.07 Å². The molecule has 20 heavy (non-hydrogen) atoms. The van der Waals surface area contributed by atoms with Gasteiger partial charge in [0.2, 0.25) is 5.91 Å². The minimum Gasteiger partial charge on any atom is -0.389 e. The highest BCUT2D eigenvalue weighted by Crippen LogP contribution is 2.28. The summed E-state index contributed by atoms with van der Waals surface area (Å²) in [5.74, 6) is 0.279. The Bertz CT molecular complexity index is 556. The molecule has 1 heterocycles. The van der Waals surface area contributed by atoms with Crippen molar-refractivity contribution in [2.45, 2.75) is 39.2 Å². The van der Waals surface area contributed by atoms with E-state index in [4.69, 9.17) is 28.7 Å². The Morgan fingerprint density at radius 3 is 2.70 bits per heavy atom. The first-order valence-corrected chi connectivity index (χ1v) is 7.18. The van der Waals surface area contributed by atoms with E-state index >= 15 is 0 Å². The maximum absolute atomic E-state index is 11.3. The zero-order valence-corrected chi connectivity index (χ0v) is 12.7. The van der Waals surface area contributed by atoms with Crippen LogP contribution < -0.4 is 16.4 Å². The summed E-state index contributed by atoms with van der Waals surface area (Å²) in [7, 11) is 0. The van der Waals surface area contributed by atoms with Gasteiger partial charge in [0.05, 0.1) is 12.1 Å². The molecule has 2 rings (SSSR count). The molecule has 5 nitrogen and oxygen atoms in total. The number of nitrogens with zero attached hydrogens (tertiary/aromatic N) is 2. The number of aromatic nitrogens is 1. The van der Waals surface area contributed by atoms with Gasteiger partial charge in [0, 0.05) is 11.7 Å². The summed E-state index contributed by atoms with van der Waals surface area (Å²) in [4.78, 5) is 18.2. The fourth-order valence-electron chi connectivity index (χ4n) is 2.53. The SMILES string of the molecule is CC(C)N(CC(N)=O)c1nc2c(cc1C(N)=S)CCC2. The van der Waals surface area contributed by atoms with Crippen molar-refractivity contribution in [3.8, 4) is 0 Å². The van der Waals surface area contributed by atoms with Crippen molar-refractivity contribution in [1.82, 2.24) is 4.98 Å². The van der Waals surface area contributed by atoms with E-state index in [1.807, 2.05) is 24.8 Å². The Morgan fingerprint density at radius 1 is 1.45 bits per heavy atom. The first-order chi connectivity index (χ1) is 9.40. The largest absolute Gasteiger partial charge is 0.389 e. The summed E-state index contributed by atoms with van der Waals surface area (Å²) < 4.78 is 0. The number of hydrogen-bond acceptors (Lipinski definition) is 4. The van der Waals surface area contributed by atoms with E-state index in [9.17, 15) is 4.79 Å². The Labute approximate surface area is 124 Å². The number of carbonyl (C=O) groups is 1. The van der Waals surface area contributed by atoms with Gasteiger partial charge in [-0.3, -0.25) is 4.79 Å². The minimum absolute atomic E-state index is 0.0857. The predicted molar refractivity (Wildman–Crippen MR) is 83.8 cm³/mol. The second kappa shape index (κ2) is 5.75. The number of rotatable bonds is 5. The van der Waals surface area contributed by atoms with Gasteiger partial charge in [0.15, 0.2) is 0 Å². The Morgan fingerprint density at radius 2 is 2.15 bits per heavy atom. The third-order valence-corrected chi connectivity index (χ3v) is 3.74. The van der Waals surface area contributed by atoms with Crippen molar-refractivity contribution in [3.05, 3.63) is 22.9 Å². The molecule has 1 aromatic rings. The number of nitrogens with two attached hydrogens (primary N) is 2. The van der Waals surface area contributed by atoms with Crippen molar-refractivity contribution in [2.75, 3.05) is 11.4 Å². The van der Waals surface area contributed by atoms with Crippen LogP contribution in [-0.4, -0.2) is 28.5 Å². The molecule has 4 N–H and O–H groups in total. The fraction of sp³-hybridized carbons (Fsp3) is 0.500. The van der Waals surface area contributed by atoms with Crippen molar-refractivity contribution in [1.29, 1.82) is 0 Å². The minimum atomic E-state index is -0.394. The molecular formula is C14H20N4OS. The molecule has 1 aliphatic carbocycles. The average molecular weight is 292 g/mol. The molecule has 0 aromatic carbocycles. The van der Waals surface area contributed by atoms with Gasteiger partial charge in [-0.2, -0.15) is 0 Å². The van der Waals surface area contributed by atoms with E-state index in [0.717, 1.165) is 30.5 Å². The molecule has 0 radical (unpaired) electrons. The van der Waals surface area contributed by atoms with Crippen molar-refractivity contribution in [2.24, 2.45) is 11.5 Å². The molecule has 1 aromatic heterocycles. The van der Waals surface area contributed by atoms with Crippen molar-refractivity contribution < 1.29 is 4.79 Å². The van der Waals surface area contributed by atoms with Crippen molar-refractivity contribution >= 4 is 28.9 Å². The number of pyridine rings is 1. The maximum Gasteiger partial charge on any atom is 0.237 e. The second-order valence-corrected chi connectivity index (χ2v) is 5.81. The van der Waals surface area contributed by atoms with Crippen LogP contribution in [0.3, 0.4) is 0 Å². The number of anilines is 1. The predicted octanol–water partition coefficient (Wildman–Crippen LogP) is 0.905. The van der Waals surface area contributed by atoms with Crippen LogP contribution in [0, 0.1) is 0 Å². The smallest absolute Gasteiger partial charge is 0.237 e. The zero-order chi connectivity index (χ0) is 14.9. The van der Waals surface area contributed by atoms with Crippen LogP contribution in [0.2, 0.25) is 0 Å². The first-order valence-electron chi connectivity index (χ1n) is 6.77. The molecule has 0 fully saturated rings. The van der Waals surface area contributed by atoms with E-state index in [1.54, 1.807) is 0 Å². The van der Waals surface area contributed by atoms with Crippen LogP contribution in [0.1, 0.15) is 37.1 Å². The number of thiocarbonyl (C=S) groups is 1. The average Bonchev–Trinajstić information content (AvgIpc) is 2.80. The molecule has 0 atom stereocenters. The number of carbonyl (C=O) groups excluding carboxylic acids is 1. The molecule has 0 aliphatic heterocycles. The third kappa shape index (κ3) is 2.90. The lowest BCUT2D eigenvalue weighted by molar-refractivity contribution is -0.116. The highest BCUT2D eigenvalue weighted by atomic mass is 32.1. The highest BCUT2D eigenvalue weighted by molar-refractivity contribution is 7.80. The maximum atomic E-state index is 11.3.